The molecule has 0 spiro atoms. The molecule has 1 aliphatic heterocycles. The summed E-state index contributed by atoms with van der Waals surface area (Å²) in [5.41, 5.74) is 6.41. The van der Waals surface area contributed by atoms with Gasteiger partial charge in [-0.15, -0.1) is 0 Å². The van der Waals surface area contributed by atoms with Gasteiger partial charge in [-0.2, -0.15) is 5.10 Å². The highest BCUT2D eigenvalue weighted by Gasteiger charge is 2.13. The highest BCUT2D eigenvalue weighted by Crippen LogP contribution is 2.16. The molecule has 1 aromatic heterocycles. The zero-order valence-electron chi connectivity index (χ0n) is 10.8. The first kappa shape index (κ1) is 13.1. The van der Waals surface area contributed by atoms with E-state index in [1.165, 1.54) is 12.8 Å². The van der Waals surface area contributed by atoms with Gasteiger partial charge in [0.1, 0.15) is 0 Å². The summed E-state index contributed by atoms with van der Waals surface area (Å²) in [5.74, 6) is 0. The summed E-state index contributed by atoms with van der Waals surface area (Å²) in [4.78, 5) is 14.1. The molecule has 2 N–H and O–H groups in total. The molecular weight excluding hydrogens is 228 g/mol. The van der Waals surface area contributed by atoms with Crippen molar-refractivity contribution in [2.45, 2.75) is 38.6 Å². The number of rotatable bonds is 6. The molecule has 1 fully saturated rings. The van der Waals surface area contributed by atoms with E-state index in [0.29, 0.717) is 6.54 Å². The fourth-order valence-corrected chi connectivity index (χ4v) is 2.32. The molecule has 0 bridgehead atoms. The lowest BCUT2D eigenvalue weighted by atomic mass is 10.2. The summed E-state index contributed by atoms with van der Waals surface area (Å²) in [5, 5.41) is 4.25. The molecule has 0 radical (unpaired) electrons. The minimum absolute atomic E-state index is 0.00662. The van der Waals surface area contributed by atoms with Crippen molar-refractivity contribution in [2.75, 3.05) is 24.5 Å². The van der Waals surface area contributed by atoms with Crippen molar-refractivity contribution >= 4 is 5.69 Å². The van der Waals surface area contributed by atoms with Crippen molar-refractivity contribution in [1.29, 1.82) is 0 Å². The van der Waals surface area contributed by atoms with Gasteiger partial charge in [0.2, 0.25) is 0 Å². The van der Waals surface area contributed by atoms with Crippen LogP contribution in [0.4, 0.5) is 5.69 Å². The van der Waals surface area contributed by atoms with Crippen LogP contribution < -0.4 is 16.2 Å². The lowest BCUT2D eigenvalue weighted by molar-refractivity contribution is 0.523. The molecule has 0 aromatic carbocycles. The number of anilines is 1. The van der Waals surface area contributed by atoms with Gasteiger partial charge in [0.05, 0.1) is 11.9 Å². The number of hydrogen-bond acceptors (Lipinski definition) is 4. The topological polar surface area (TPSA) is 64.2 Å². The molecule has 5 heteroatoms. The Hall–Kier alpha value is -1.36. The third-order valence-electron chi connectivity index (χ3n) is 3.40. The van der Waals surface area contributed by atoms with E-state index in [-0.39, 0.29) is 5.56 Å². The Morgan fingerprint density at radius 3 is 2.67 bits per heavy atom. The summed E-state index contributed by atoms with van der Waals surface area (Å²) >= 11 is 0. The summed E-state index contributed by atoms with van der Waals surface area (Å²) in [6.45, 7) is 3.50. The third-order valence-corrected chi connectivity index (χ3v) is 3.40. The van der Waals surface area contributed by atoms with Gasteiger partial charge in [0.25, 0.3) is 5.56 Å². The molecule has 0 saturated carbocycles. The van der Waals surface area contributed by atoms with E-state index >= 15 is 0 Å². The van der Waals surface area contributed by atoms with Crippen LogP contribution >= 0.6 is 0 Å². The van der Waals surface area contributed by atoms with E-state index in [9.17, 15) is 4.79 Å². The van der Waals surface area contributed by atoms with Crippen LogP contribution in [0.25, 0.3) is 0 Å². The van der Waals surface area contributed by atoms with Gasteiger partial charge in [0, 0.05) is 25.7 Å². The maximum Gasteiger partial charge on any atom is 0.268 e. The predicted molar refractivity (Wildman–Crippen MR) is 72.8 cm³/mol. The maximum atomic E-state index is 11.9. The van der Waals surface area contributed by atoms with Crippen molar-refractivity contribution in [3.05, 3.63) is 22.6 Å². The molecular formula is C13H22N4O. The molecule has 5 nitrogen and oxygen atoms in total. The van der Waals surface area contributed by atoms with Gasteiger partial charge in [-0.3, -0.25) is 4.79 Å². The smallest absolute Gasteiger partial charge is 0.268 e. The Bertz CT molecular complexity index is 423. The first-order valence-electron chi connectivity index (χ1n) is 6.83. The highest BCUT2D eigenvalue weighted by molar-refractivity contribution is 5.43. The van der Waals surface area contributed by atoms with Crippen LogP contribution in [-0.2, 0) is 6.54 Å². The van der Waals surface area contributed by atoms with Gasteiger partial charge in [-0.05, 0) is 32.2 Å². The number of unbranched alkanes of at least 4 members (excludes halogenated alkanes) is 2. The van der Waals surface area contributed by atoms with Gasteiger partial charge in [-0.1, -0.05) is 6.42 Å². The van der Waals surface area contributed by atoms with E-state index in [4.69, 9.17) is 5.73 Å². The van der Waals surface area contributed by atoms with E-state index in [2.05, 4.69) is 10.00 Å². The standard InChI is InChI=1S/C13H22N4O/c14-6-2-1-3-9-17-13(18)10-12(11-15-17)16-7-4-5-8-16/h10-11H,1-9,14H2. The number of aromatic nitrogens is 2. The fraction of sp³-hybridized carbons (Fsp3) is 0.692. The molecule has 1 aromatic rings. The van der Waals surface area contributed by atoms with Crippen molar-refractivity contribution in [3.8, 4) is 0 Å². The third kappa shape index (κ3) is 3.32. The second kappa shape index (κ2) is 6.54. The first-order chi connectivity index (χ1) is 8.81. The molecule has 18 heavy (non-hydrogen) atoms. The van der Waals surface area contributed by atoms with Crippen molar-refractivity contribution < 1.29 is 0 Å². The number of hydrogen-bond donors (Lipinski definition) is 1. The van der Waals surface area contributed by atoms with Gasteiger partial charge < -0.3 is 10.6 Å². The quantitative estimate of drug-likeness (QED) is 0.764. The largest absolute Gasteiger partial charge is 0.370 e. The van der Waals surface area contributed by atoms with Gasteiger partial charge in [-0.25, -0.2) is 4.68 Å². The van der Waals surface area contributed by atoms with E-state index in [0.717, 1.165) is 44.6 Å². The van der Waals surface area contributed by atoms with Crippen molar-refractivity contribution in [2.24, 2.45) is 5.73 Å². The highest BCUT2D eigenvalue weighted by atomic mass is 16.1. The molecule has 0 unspecified atom stereocenters. The van der Waals surface area contributed by atoms with Crippen LogP contribution in [0, 0.1) is 0 Å². The number of nitrogens with two attached hydrogens (primary N) is 1. The average Bonchev–Trinajstić information content (AvgIpc) is 2.90. The maximum absolute atomic E-state index is 11.9. The molecule has 1 aliphatic rings. The summed E-state index contributed by atoms with van der Waals surface area (Å²) in [7, 11) is 0. The van der Waals surface area contributed by atoms with Crippen LogP contribution in [0.3, 0.4) is 0 Å². The minimum atomic E-state index is 0.00662. The summed E-state index contributed by atoms with van der Waals surface area (Å²) in [6, 6.07) is 1.71. The average molecular weight is 250 g/mol. The van der Waals surface area contributed by atoms with E-state index in [1.807, 2.05) is 6.20 Å². The van der Waals surface area contributed by atoms with Gasteiger partial charge in [0.15, 0.2) is 0 Å². The van der Waals surface area contributed by atoms with Crippen LogP contribution in [0.1, 0.15) is 32.1 Å². The number of nitrogens with zero attached hydrogens (tertiary/aromatic N) is 3. The zero-order chi connectivity index (χ0) is 12.8. The second-order valence-corrected chi connectivity index (χ2v) is 4.82. The molecule has 2 heterocycles. The van der Waals surface area contributed by atoms with E-state index in [1.54, 1.807) is 10.7 Å². The van der Waals surface area contributed by atoms with Crippen LogP contribution in [-0.4, -0.2) is 29.4 Å². The Morgan fingerprint density at radius 2 is 2.00 bits per heavy atom. The lowest BCUT2D eigenvalue weighted by Crippen LogP contribution is -2.26. The minimum Gasteiger partial charge on any atom is -0.370 e. The van der Waals surface area contributed by atoms with E-state index < -0.39 is 0 Å². The molecule has 1 saturated heterocycles. The first-order valence-corrected chi connectivity index (χ1v) is 6.83. The lowest BCUT2D eigenvalue weighted by Gasteiger charge is -2.17. The fourth-order valence-electron chi connectivity index (χ4n) is 2.32. The molecule has 2 rings (SSSR count). The van der Waals surface area contributed by atoms with Gasteiger partial charge >= 0.3 is 0 Å². The molecule has 0 amide bonds. The normalized spacial score (nSPS) is 15.3. The Kier molecular flexibility index (Phi) is 4.75. The summed E-state index contributed by atoms with van der Waals surface area (Å²) in [6.07, 6.45) is 7.27. The molecule has 100 valence electrons. The zero-order valence-corrected chi connectivity index (χ0v) is 10.8. The van der Waals surface area contributed by atoms with Crippen LogP contribution in [0.5, 0.6) is 0 Å². The Labute approximate surface area is 108 Å². The van der Waals surface area contributed by atoms with Crippen molar-refractivity contribution in [1.82, 2.24) is 9.78 Å². The summed E-state index contributed by atoms with van der Waals surface area (Å²) < 4.78 is 1.55. The number of aryl methyl sites for hydroxylation is 1. The SMILES string of the molecule is NCCCCCn1ncc(N2CCCC2)cc1=O. The van der Waals surface area contributed by atoms with Crippen LogP contribution in [0.15, 0.2) is 17.1 Å². The Morgan fingerprint density at radius 1 is 1.22 bits per heavy atom. The second-order valence-electron chi connectivity index (χ2n) is 4.82. The van der Waals surface area contributed by atoms with Crippen LogP contribution in [0.2, 0.25) is 0 Å². The Balaban J connectivity index is 1.94. The van der Waals surface area contributed by atoms with Crippen molar-refractivity contribution in [3.63, 3.8) is 0 Å². The monoisotopic (exact) mass is 250 g/mol. The molecule has 0 atom stereocenters. The predicted octanol–water partition coefficient (Wildman–Crippen LogP) is 0.972. The molecule has 0 aliphatic carbocycles.